The first kappa shape index (κ1) is 96.1. The molecule has 0 spiro atoms. The summed E-state index contributed by atoms with van der Waals surface area (Å²) in [6.45, 7) is 36.7. The second kappa shape index (κ2) is 47.4. The van der Waals surface area contributed by atoms with Crippen molar-refractivity contribution in [3.8, 4) is 0 Å². The zero-order chi connectivity index (χ0) is 88.0. The van der Waals surface area contributed by atoms with Crippen LogP contribution in [0.3, 0.4) is 0 Å². The number of rotatable bonds is 41. The maximum absolute atomic E-state index is 12.3. The monoisotopic (exact) mass is 1730 g/mol. The summed E-state index contributed by atoms with van der Waals surface area (Å²) in [7, 11) is 0. The SMILES string of the molecule is C=CCO[C@H]1OC(CO[C@@H]2OC(COCc3ccccc3)[C@@H](C)[C@H](C)C2O)[C@@H](O[C@@H]2OC(COCc3ccccc3)[C@@H](C)[C@H](C)C2O[C@H]2OC(CC)[C@@H](O[C@@H]3OC(COCc4ccccc4)[C@H](O[C@H]4OC(COCc5ccccc5)[C@H](C)[C@H](C)C4C)[C@H](C)C3OCc3ccccc3)[C@H](C)C2N=[N+]=[N-])[C@H](O[C@@H]2OC(CC)[C@@H](C)[C@H](C)C2OCc2ccccc2)C1C. The van der Waals surface area contributed by atoms with E-state index in [1.807, 2.05) is 198 Å². The van der Waals surface area contributed by atoms with Crippen LogP contribution in [-0.2, 0) is 134 Å². The van der Waals surface area contributed by atoms with E-state index >= 15 is 0 Å². The summed E-state index contributed by atoms with van der Waals surface area (Å²) in [5.74, 6) is -2.13. The third kappa shape index (κ3) is 24.8. The molecular formula is C101H139N3O21. The van der Waals surface area contributed by atoms with Gasteiger partial charge < -0.3 is 99.8 Å². The van der Waals surface area contributed by atoms with Crippen LogP contribution in [0.5, 0.6) is 0 Å². The average molecular weight is 1730 g/mol. The van der Waals surface area contributed by atoms with Crippen LogP contribution in [-0.4, -0.2) is 186 Å². The van der Waals surface area contributed by atoms with Gasteiger partial charge in [0.2, 0.25) is 0 Å². The zero-order valence-electron chi connectivity index (χ0n) is 75.7. The van der Waals surface area contributed by atoms with E-state index in [0.29, 0.717) is 52.5 Å². The second-order valence-electron chi connectivity index (χ2n) is 36.1. The van der Waals surface area contributed by atoms with Gasteiger partial charge in [-0.3, -0.25) is 0 Å². The van der Waals surface area contributed by atoms with Gasteiger partial charge in [-0.2, -0.15) is 0 Å². The minimum Gasteiger partial charge on any atom is -0.388 e. The van der Waals surface area contributed by atoms with E-state index in [1.54, 1.807) is 6.08 Å². The van der Waals surface area contributed by atoms with Crippen LogP contribution in [0, 0.1) is 71.0 Å². The Kier molecular flexibility index (Phi) is 36.4. The molecule has 684 valence electrons. The molecule has 6 aromatic carbocycles. The molecule has 7 fully saturated rings. The van der Waals surface area contributed by atoms with E-state index in [2.05, 4.69) is 98.0 Å². The normalized spacial score (nSPS) is 37.5. The Morgan fingerprint density at radius 3 is 1.13 bits per heavy atom. The standard InChI is InChI=1S/C101H139N3O21/c1-16-49-110-95-72(15)90(123-99-91(67(10)64(7)79(17-2)114-99)111-54-77-45-33-23-34-46-77)94(85(119-95)60-113-98-87(105)66(9)63(6)82(117-98)57-107-51-74-39-27-20-28-40-74)125-101-93(68(11)65(8)83(118-101)58-108-52-75-41-29-21-30-42-75)124-97-86(103-104-102)70(13)88(80(18-3)115-97)122-100-92(112-55-78-47-35-24-36-48-78)71(14)89(84(120-100)59-109-53-76-43-31-22-32-44-76)121-96-69(12)61(4)62(5)81(116-96)56-106-50-73-37-25-19-26-38-73/h16,19-48,61-72,79-101,105H,1,17-18,49-60H2,2-15H3/t61-,62+,63-,64-,65-,66-,67-,68-,69?,70+,71-,72?,79?,80?,81?,82?,83?,84?,85?,86?,87?,88-,89+,90+,91?,92?,93?,94+,95-,96+,97+,98+,99-,100-,101-/m0/s1. The molecule has 0 radical (unpaired) electrons. The summed E-state index contributed by atoms with van der Waals surface area (Å²) in [5, 5.41) is 16.9. The number of azide groups is 1. The smallest absolute Gasteiger partial charge is 0.185 e. The molecule has 0 amide bonds. The molecule has 7 aliphatic rings. The van der Waals surface area contributed by atoms with Crippen LogP contribution in [0.2, 0.25) is 0 Å². The van der Waals surface area contributed by atoms with Crippen molar-refractivity contribution in [2.75, 3.05) is 39.6 Å². The fraction of sp³-hybridized carbons (Fsp3) is 0.624. The highest BCUT2D eigenvalue weighted by molar-refractivity contribution is 5.18. The Balaban J connectivity index is 0.826. The lowest BCUT2D eigenvalue weighted by molar-refractivity contribution is -0.391. The van der Waals surface area contributed by atoms with Crippen molar-refractivity contribution in [1.29, 1.82) is 0 Å². The quantitative estimate of drug-likeness (QED) is 0.0162. The number of aliphatic hydroxyl groups excluding tert-OH is 1. The lowest BCUT2D eigenvalue weighted by atomic mass is 9.79. The molecule has 125 heavy (non-hydrogen) atoms. The molecule has 0 aliphatic carbocycles. The van der Waals surface area contributed by atoms with Crippen molar-refractivity contribution in [3.63, 3.8) is 0 Å². The first-order valence-electron chi connectivity index (χ1n) is 45.9. The van der Waals surface area contributed by atoms with Crippen LogP contribution in [0.1, 0.15) is 143 Å². The summed E-state index contributed by atoms with van der Waals surface area (Å²) >= 11 is 0. The molecule has 0 aromatic heterocycles. The Labute approximate surface area is 741 Å². The number of ether oxygens (including phenoxy) is 20. The average Bonchev–Trinajstić information content (AvgIpc) is 0.760. The van der Waals surface area contributed by atoms with Crippen molar-refractivity contribution in [3.05, 3.63) is 238 Å². The van der Waals surface area contributed by atoms with Gasteiger partial charge in [0.05, 0.1) is 134 Å². The van der Waals surface area contributed by atoms with Gasteiger partial charge in [-0.1, -0.05) is 290 Å². The van der Waals surface area contributed by atoms with Crippen LogP contribution in [0.15, 0.2) is 200 Å². The third-order valence-electron chi connectivity index (χ3n) is 27.9. The fourth-order valence-electron chi connectivity index (χ4n) is 18.9. The Bertz CT molecular complexity index is 4130. The molecule has 24 nitrogen and oxygen atoms in total. The van der Waals surface area contributed by atoms with E-state index in [1.165, 1.54) is 0 Å². The summed E-state index contributed by atoms with van der Waals surface area (Å²) in [4.78, 5) is 3.55. The Morgan fingerprint density at radius 1 is 0.304 bits per heavy atom. The van der Waals surface area contributed by atoms with Gasteiger partial charge in [-0.15, -0.1) is 6.58 Å². The van der Waals surface area contributed by atoms with Crippen LogP contribution in [0.4, 0.5) is 0 Å². The molecular weight excluding hydrogens is 1590 g/mol. The highest BCUT2D eigenvalue weighted by Gasteiger charge is 2.58. The number of nitrogens with zero attached hydrogens (tertiary/aromatic N) is 3. The number of hydrogen-bond donors (Lipinski definition) is 1. The first-order chi connectivity index (χ1) is 60.7. The van der Waals surface area contributed by atoms with Gasteiger partial charge in [0.15, 0.2) is 44.0 Å². The zero-order valence-corrected chi connectivity index (χ0v) is 75.7. The number of aliphatic hydroxyl groups is 1. The highest BCUT2D eigenvalue weighted by atomic mass is 16.8. The van der Waals surface area contributed by atoms with Crippen LogP contribution in [0.25, 0.3) is 10.4 Å². The van der Waals surface area contributed by atoms with Gasteiger partial charge in [-0.05, 0) is 105 Å². The fourth-order valence-corrected chi connectivity index (χ4v) is 18.9. The van der Waals surface area contributed by atoms with E-state index < -0.39 is 147 Å². The lowest BCUT2D eigenvalue weighted by Gasteiger charge is -2.53. The molecule has 7 heterocycles. The summed E-state index contributed by atoms with van der Waals surface area (Å²) in [5.41, 5.74) is 17.0. The molecule has 13 rings (SSSR count). The van der Waals surface area contributed by atoms with Gasteiger partial charge in [0, 0.05) is 22.7 Å². The molecule has 0 saturated carbocycles. The van der Waals surface area contributed by atoms with Crippen LogP contribution >= 0.6 is 0 Å². The molecule has 7 saturated heterocycles. The molecule has 0 bridgehead atoms. The van der Waals surface area contributed by atoms with Crippen molar-refractivity contribution >= 4 is 0 Å². The molecule has 1 N–H and O–H groups in total. The van der Waals surface area contributed by atoms with Crippen molar-refractivity contribution < 1.29 is 99.8 Å². The predicted molar refractivity (Wildman–Crippen MR) is 471 cm³/mol. The molecule has 7 aliphatic heterocycles. The predicted octanol–water partition coefficient (Wildman–Crippen LogP) is 17.7. The Hall–Kier alpha value is -6.47. The van der Waals surface area contributed by atoms with Crippen molar-refractivity contribution in [2.45, 2.75) is 291 Å². The van der Waals surface area contributed by atoms with E-state index in [-0.39, 0.29) is 105 Å². The topological polar surface area (TPSA) is 254 Å². The van der Waals surface area contributed by atoms with Gasteiger partial charge in [-0.25, -0.2) is 0 Å². The van der Waals surface area contributed by atoms with E-state index in [9.17, 15) is 10.6 Å². The van der Waals surface area contributed by atoms with Gasteiger partial charge in [0.1, 0.15) is 42.7 Å². The maximum atomic E-state index is 12.3. The number of hydrogen-bond acceptors (Lipinski definition) is 22. The molecule has 35 atom stereocenters. The van der Waals surface area contributed by atoms with Crippen molar-refractivity contribution in [1.82, 2.24) is 0 Å². The third-order valence-corrected chi connectivity index (χ3v) is 27.9. The summed E-state index contributed by atoms with van der Waals surface area (Å²) in [6, 6.07) is 59.4. The maximum Gasteiger partial charge on any atom is 0.185 e. The summed E-state index contributed by atoms with van der Waals surface area (Å²) < 4.78 is 142. The van der Waals surface area contributed by atoms with Crippen molar-refractivity contribution in [2.24, 2.45) is 76.1 Å². The van der Waals surface area contributed by atoms with Gasteiger partial charge in [0.25, 0.3) is 0 Å². The molecule has 14 unspecified atom stereocenters. The highest BCUT2D eigenvalue weighted by Crippen LogP contribution is 2.47. The summed E-state index contributed by atoms with van der Waals surface area (Å²) in [6.07, 6.45) is -14.9. The Morgan fingerprint density at radius 2 is 0.648 bits per heavy atom. The number of benzene rings is 6. The molecule has 24 heteroatoms. The second-order valence-corrected chi connectivity index (χ2v) is 36.1. The van der Waals surface area contributed by atoms with E-state index in [4.69, 9.17) is 94.7 Å². The van der Waals surface area contributed by atoms with E-state index in [0.717, 1.165) is 33.4 Å². The lowest BCUT2D eigenvalue weighted by Crippen LogP contribution is -2.64. The minimum absolute atomic E-state index is 0.0140. The first-order valence-corrected chi connectivity index (χ1v) is 45.9. The van der Waals surface area contributed by atoms with Gasteiger partial charge >= 0.3 is 0 Å². The molecule has 6 aromatic rings. The largest absolute Gasteiger partial charge is 0.388 e. The minimum atomic E-state index is -1.25. The van der Waals surface area contributed by atoms with Crippen LogP contribution < -0.4 is 0 Å².